The zero-order chi connectivity index (χ0) is 15.1. The molecule has 0 fully saturated rings. The first-order chi connectivity index (χ1) is 8.67. The average Bonchev–Trinajstić information content (AvgIpc) is 2.35. The van der Waals surface area contributed by atoms with Gasteiger partial charge in [0, 0.05) is 29.8 Å². The lowest BCUT2D eigenvalue weighted by atomic mass is 9.86. The summed E-state index contributed by atoms with van der Waals surface area (Å²) in [7, 11) is 0. The lowest BCUT2D eigenvalue weighted by Crippen LogP contribution is -2.39. The highest BCUT2D eigenvalue weighted by molar-refractivity contribution is 5.83. The Hall–Kier alpha value is -0.410. The molecular formula is C16H33NO2. The summed E-state index contributed by atoms with van der Waals surface area (Å²) >= 11 is 0. The van der Waals surface area contributed by atoms with Gasteiger partial charge in [0.25, 0.3) is 0 Å². The van der Waals surface area contributed by atoms with E-state index in [1.54, 1.807) is 0 Å². The quantitative estimate of drug-likeness (QED) is 0.661. The summed E-state index contributed by atoms with van der Waals surface area (Å²) in [4.78, 5) is 11.8. The van der Waals surface area contributed by atoms with Gasteiger partial charge in [-0.05, 0) is 6.42 Å². The molecule has 19 heavy (non-hydrogen) atoms. The van der Waals surface area contributed by atoms with E-state index < -0.39 is 0 Å². The van der Waals surface area contributed by atoms with Crippen LogP contribution in [0.15, 0.2) is 0 Å². The fourth-order valence-corrected chi connectivity index (χ4v) is 1.84. The van der Waals surface area contributed by atoms with Crippen LogP contribution in [0.1, 0.15) is 61.3 Å². The summed E-state index contributed by atoms with van der Waals surface area (Å²) in [5.74, 6) is 0.269. The smallest absolute Gasteiger partial charge is 0.140 e. The number of ketones is 1. The molecule has 0 saturated carbocycles. The van der Waals surface area contributed by atoms with Gasteiger partial charge in [-0.1, -0.05) is 48.5 Å². The van der Waals surface area contributed by atoms with Crippen molar-refractivity contribution >= 4 is 5.78 Å². The molecule has 0 aliphatic heterocycles. The van der Waals surface area contributed by atoms with Crippen molar-refractivity contribution in [2.24, 2.45) is 10.8 Å². The predicted molar refractivity (Wildman–Crippen MR) is 81.4 cm³/mol. The lowest BCUT2D eigenvalue weighted by Gasteiger charge is -2.31. The van der Waals surface area contributed by atoms with Crippen molar-refractivity contribution in [3.05, 3.63) is 0 Å². The van der Waals surface area contributed by atoms with E-state index in [0.717, 1.165) is 13.0 Å². The summed E-state index contributed by atoms with van der Waals surface area (Å²) in [5, 5.41) is 3.47. The van der Waals surface area contributed by atoms with E-state index in [1.807, 2.05) is 20.8 Å². The molecule has 3 nitrogen and oxygen atoms in total. The fraction of sp³-hybridized carbons (Fsp3) is 0.938. The third-order valence-corrected chi connectivity index (χ3v) is 3.78. The summed E-state index contributed by atoms with van der Waals surface area (Å²) in [6, 6.07) is 0.490. The lowest BCUT2D eigenvalue weighted by molar-refractivity contribution is -0.130. The number of Topliss-reactive ketones (excluding diaryl/α,β-unsaturated/α-hetero) is 1. The molecule has 1 unspecified atom stereocenters. The largest absolute Gasteiger partial charge is 0.380 e. The molecule has 1 atom stereocenters. The molecule has 0 rings (SSSR count). The maximum atomic E-state index is 11.8. The van der Waals surface area contributed by atoms with Crippen LogP contribution in [0.4, 0.5) is 0 Å². The summed E-state index contributed by atoms with van der Waals surface area (Å²) in [6.07, 6.45) is 1.64. The van der Waals surface area contributed by atoms with Crippen molar-refractivity contribution in [2.75, 3.05) is 19.8 Å². The van der Waals surface area contributed by atoms with Gasteiger partial charge in [-0.15, -0.1) is 0 Å². The third kappa shape index (κ3) is 7.07. The summed E-state index contributed by atoms with van der Waals surface area (Å²) < 4.78 is 5.85. The van der Waals surface area contributed by atoms with E-state index in [2.05, 4.69) is 33.0 Å². The van der Waals surface area contributed by atoms with Crippen LogP contribution >= 0.6 is 0 Å². The molecule has 114 valence electrons. The molecule has 0 aliphatic carbocycles. The van der Waals surface area contributed by atoms with E-state index in [9.17, 15) is 4.79 Å². The monoisotopic (exact) mass is 271 g/mol. The Balaban J connectivity index is 4.24. The molecule has 0 saturated heterocycles. The van der Waals surface area contributed by atoms with Crippen molar-refractivity contribution in [3.63, 3.8) is 0 Å². The fourth-order valence-electron chi connectivity index (χ4n) is 1.84. The Bertz CT molecular complexity index is 274. The first-order valence-electron chi connectivity index (χ1n) is 7.51. The number of hydrogen-bond acceptors (Lipinski definition) is 3. The van der Waals surface area contributed by atoms with Crippen molar-refractivity contribution in [1.29, 1.82) is 0 Å². The zero-order valence-corrected chi connectivity index (χ0v) is 13.9. The van der Waals surface area contributed by atoms with Crippen LogP contribution in [0, 0.1) is 10.8 Å². The number of carbonyl (C=O) groups is 1. The van der Waals surface area contributed by atoms with Gasteiger partial charge in [0.05, 0.1) is 13.2 Å². The minimum absolute atomic E-state index is 0.135. The third-order valence-electron chi connectivity index (χ3n) is 3.78. The Morgan fingerprint density at radius 1 is 1.16 bits per heavy atom. The van der Waals surface area contributed by atoms with E-state index in [0.29, 0.717) is 25.7 Å². The molecular weight excluding hydrogens is 238 g/mol. The van der Waals surface area contributed by atoms with E-state index >= 15 is 0 Å². The number of rotatable bonds is 10. The van der Waals surface area contributed by atoms with Gasteiger partial charge in [0.15, 0.2) is 0 Å². The SMILES string of the molecule is CCC(=O)C(C)(C)COCC(C)(CC)CNC(C)C. The molecule has 0 aromatic rings. The minimum atomic E-state index is -0.366. The van der Waals surface area contributed by atoms with Crippen LogP contribution in [0.25, 0.3) is 0 Å². The van der Waals surface area contributed by atoms with Crippen molar-refractivity contribution in [2.45, 2.75) is 67.3 Å². The first kappa shape index (κ1) is 18.6. The highest BCUT2D eigenvalue weighted by Crippen LogP contribution is 2.24. The van der Waals surface area contributed by atoms with Gasteiger partial charge in [-0.2, -0.15) is 0 Å². The molecule has 0 bridgehead atoms. The molecule has 0 amide bonds. The molecule has 0 aromatic carbocycles. The van der Waals surface area contributed by atoms with Crippen LogP contribution in [0.3, 0.4) is 0 Å². The highest BCUT2D eigenvalue weighted by Gasteiger charge is 2.28. The number of hydrogen-bond donors (Lipinski definition) is 1. The second kappa shape index (κ2) is 8.01. The predicted octanol–water partition coefficient (Wildman–Crippen LogP) is 3.42. The minimum Gasteiger partial charge on any atom is -0.380 e. The highest BCUT2D eigenvalue weighted by atomic mass is 16.5. The molecule has 0 aromatic heterocycles. The molecule has 3 heteroatoms. The van der Waals surface area contributed by atoms with Crippen molar-refractivity contribution < 1.29 is 9.53 Å². The first-order valence-corrected chi connectivity index (χ1v) is 7.51. The van der Waals surface area contributed by atoms with Crippen molar-refractivity contribution in [3.8, 4) is 0 Å². The summed E-state index contributed by atoms with van der Waals surface area (Å²) in [5.41, 5.74) is -0.232. The van der Waals surface area contributed by atoms with Gasteiger partial charge in [-0.25, -0.2) is 0 Å². The van der Waals surface area contributed by atoms with Crippen molar-refractivity contribution in [1.82, 2.24) is 5.32 Å². The topological polar surface area (TPSA) is 38.3 Å². The number of carbonyl (C=O) groups excluding carboxylic acids is 1. The molecule has 0 radical (unpaired) electrons. The maximum Gasteiger partial charge on any atom is 0.140 e. The Labute approximate surface area is 119 Å². The van der Waals surface area contributed by atoms with Gasteiger partial charge in [0.1, 0.15) is 5.78 Å². The zero-order valence-electron chi connectivity index (χ0n) is 13.9. The second-order valence-electron chi connectivity index (χ2n) is 6.85. The van der Waals surface area contributed by atoms with Gasteiger partial charge >= 0.3 is 0 Å². The van der Waals surface area contributed by atoms with Gasteiger partial charge in [-0.3, -0.25) is 4.79 Å². The standard InChI is InChI=1S/C16H33NO2/c1-8-14(18)15(5,6)11-19-12-16(7,9-2)10-17-13(3)4/h13,17H,8-12H2,1-7H3. The second-order valence-corrected chi connectivity index (χ2v) is 6.85. The molecule has 0 spiro atoms. The Morgan fingerprint density at radius 3 is 2.16 bits per heavy atom. The van der Waals surface area contributed by atoms with E-state index in [-0.39, 0.29) is 16.6 Å². The Morgan fingerprint density at radius 2 is 1.74 bits per heavy atom. The van der Waals surface area contributed by atoms with Crippen LogP contribution in [0.5, 0.6) is 0 Å². The summed E-state index contributed by atoms with van der Waals surface area (Å²) in [6.45, 7) is 16.7. The van der Waals surface area contributed by atoms with Gasteiger partial charge < -0.3 is 10.1 Å². The Kier molecular flexibility index (Phi) is 7.83. The number of nitrogens with one attached hydrogen (secondary N) is 1. The van der Waals surface area contributed by atoms with Crippen LogP contribution in [-0.2, 0) is 9.53 Å². The maximum absolute atomic E-state index is 11.8. The van der Waals surface area contributed by atoms with Crippen LogP contribution < -0.4 is 5.32 Å². The molecule has 0 heterocycles. The molecule has 0 aliphatic rings. The van der Waals surface area contributed by atoms with Crippen LogP contribution in [0.2, 0.25) is 0 Å². The normalized spacial score (nSPS) is 15.6. The van der Waals surface area contributed by atoms with E-state index in [1.165, 1.54) is 0 Å². The van der Waals surface area contributed by atoms with Gasteiger partial charge in [0.2, 0.25) is 0 Å². The number of ether oxygens (including phenoxy) is 1. The molecule has 1 N–H and O–H groups in total. The van der Waals surface area contributed by atoms with E-state index in [4.69, 9.17) is 4.74 Å². The van der Waals surface area contributed by atoms with Crippen LogP contribution in [-0.4, -0.2) is 31.6 Å². The average molecular weight is 271 g/mol.